The molecule has 0 unspecified atom stereocenters. The van der Waals surface area contributed by atoms with E-state index in [9.17, 15) is 9.59 Å². The lowest BCUT2D eigenvalue weighted by molar-refractivity contribution is -0.136. The Hall–Kier alpha value is -2.42. The molecule has 6 nitrogen and oxygen atoms in total. The molecule has 1 aliphatic heterocycles. The fraction of sp³-hybridized carbons (Fsp3) is 0.273. The lowest BCUT2D eigenvalue weighted by Gasteiger charge is -2.02. The molecule has 6 heteroatoms. The molecule has 0 atom stereocenters. The topological polar surface area (TPSA) is 85.0 Å². The summed E-state index contributed by atoms with van der Waals surface area (Å²) in [6, 6.07) is 3.26. The quantitative estimate of drug-likeness (QED) is 0.636. The van der Waals surface area contributed by atoms with Crippen LogP contribution in [0.1, 0.15) is 11.5 Å². The Balaban J connectivity index is 2.67. The molecular weight excluding hydrogens is 222 g/mol. The van der Waals surface area contributed by atoms with Crippen LogP contribution in [0.2, 0.25) is 0 Å². The number of esters is 1. The van der Waals surface area contributed by atoms with Crippen LogP contribution in [-0.4, -0.2) is 22.6 Å². The van der Waals surface area contributed by atoms with Gasteiger partial charge >= 0.3 is 5.97 Å². The van der Waals surface area contributed by atoms with E-state index in [0.717, 1.165) is 0 Å². The van der Waals surface area contributed by atoms with E-state index in [-0.39, 0.29) is 29.1 Å². The summed E-state index contributed by atoms with van der Waals surface area (Å²) in [6.45, 7) is 1.70. The number of carbonyl (C=O) groups excluding carboxylic acids is 1. The van der Waals surface area contributed by atoms with E-state index in [2.05, 4.69) is 9.72 Å². The Morgan fingerprint density at radius 2 is 2.35 bits per heavy atom. The molecule has 0 radical (unpaired) electrons. The first-order valence-corrected chi connectivity index (χ1v) is 4.89. The summed E-state index contributed by atoms with van der Waals surface area (Å²) in [6.07, 6.45) is 0. The van der Waals surface area contributed by atoms with Crippen molar-refractivity contribution in [2.75, 3.05) is 7.11 Å². The van der Waals surface area contributed by atoms with Crippen LogP contribution >= 0.6 is 0 Å². The van der Waals surface area contributed by atoms with E-state index in [1.807, 2.05) is 6.07 Å². The Kier molecular flexibility index (Phi) is 2.52. The van der Waals surface area contributed by atoms with E-state index >= 15 is 0 Å². The van der Waals surface area contributed by atoms with Gasteiger partial charge in [-0.15, -0.1) is 0 Å². The molecule has 0 saturated heterocycles. The summed E-state index contributed by atoms with van der Waals surface area (Å²) in [5, 5.41) is 9.04. The number of fused-ring (bicyclic) bond motifs is 1. The highest BCUT2D eigenvalue weighted by atomic mass is 16.5. The molecule has 86 valence electrons. The van der Waals surface area contributed by atoms with Gasteiger partial charge < -0.3 is 4.74 Å². The molecule has 1 aromatic heterocycles. The van der Waals surface area contributed by atoms with E-state index < -0.39 is 5.97 Å². The highest BCUT2D eigenvalue weighted by Crippen LogP contribution is 2.24. The zero-order valence-corrected chi connectivity index (χ0v) is 9.35. The number of allylic oxidation sites excluding steroid dienone is 1. The number of aryl methyl sites for hydroxylation is 1. The van der Waals surface area contributed by atoms with Crippen LogP contribution < -0.4 is 5.56 Å². The average Bonchev–Trinajstić information content (AvgIpc) is 2.66. The van der Waals surface area contributed by atoms with Gasteiger partial charge in [-0.05, 0) is 6.92 Å². The van der Waals surface area contributed by atoms with Gasteiger partial charge in [0, 0.05) is 11.8 Å². The van der Waals surface area contributed by atoms with E-state index in [4.69, 9.17) is 5.26 Å². The third-order valence-electron chi connectivity index (χ3n) is 2.52. The largest absolute Gasteiger partial charge is 0.466 e. The zero-order valence-electron chi connectivity index (χ0n) is 9.35. The standard InChI is InChI=1S/C11H9N3O3/c1-6-3-9(15)14-5-8(11(16)17-2)7(4-12)10(14)13-6/h3H,5H2,1-2H3. The first kappa shape index (κ1) is 11.1. The fourth-order valence-electron chi connectivity index (χ4n) is 1.74. The molecule has 0 spiro atoms. The number of rotatable bonds is 1. The highest BCUT2D eigenvalue weighted by molar-refractivity contribution is 6.01. The van der Waals surface area contributed by atoms with Gasteiger partial charge in [0.2, 0.25) is 0 Å². The van der Waals surface area contributed by atoms with Crippen molar-refractivity contribution in [1.82, 2.24) is 9.55 Å². The van der Waals surface area contributed by atoms with Crippen molar-refractivity contribution < 1.29 is 9.53 Å². The summed E-state index contributed by atoms with van der Waals surface area (Å²) in [5.41, 5.74) is 0.516. The van der Waals surface area contributed by atoms with Crippen molar-refractivity contribution in [2.24, 2.45) is 0 Å². The van der Waals surface area contributed by atoms with Crippen molar-refractivity contribution in [2.45, 2.75) is 13.5 Å². The monoisotopic (exact) mass is 231 g/mol. The third kappa shape index (κ3) is 1.61. The van der Waals surface area contributed by atoms with E-state index in [0.29, 0.717) is 5.69 Å². The molecule has 0 fully saturated rings. The van der Waals surface area contributed by atoms with E-state index in [1.165, 1.54) is 17.7 Å². The Labute approximate surface area is 96.8 Å². The number of hydrogen-bond acceptors (Lipinski definition) is 5. The molecule has 1 aliphatic rings. The molecule has 0 amide bonds. The van der Waals surface area contributed by atoms with Crippen molar-refractivity contribution in [1.29, 1.82) is 5.26 Å². The minimum absolute atomic E-state index is 0.0387. The Bertz CT molecular complexity index is 634. The van der Waals surface area contributed by atoms with Crippen molar-refractivity contribution >= 4 is 11.5 Å². The Morgan fingerprint density at radius 1 is 1.65 bits per heavy atom. The van der Waals surface area contributed by atoms with Gasteiger partial charge in [-0.25, -0.2) is 9.78 Å². The minimum atomic E-state index is -0.607. The predicted octanol–water partition coefficient (Wildman–Crippen LogP) is 0.0155. The van der Waals surface area contributed by atoms with Gasteiger partial charge in [0.15, 0.2) is 5.82 Å². The smallest absolute Gasteiger partial charge is 0.337 e. The van der Waals surface area contributed by atoms with Crippen LogP contribution in [0.25, 0.3) is 5.57 Å². The molecule has 1 aromatic rings. The molecule has 17 heavy (non-hydrogen) atoms. The SMILES string of the molecule is COC(=O)C1=C(C#N)c2nc(C)cc(=O)n2C1. The van der Waals surface area contributed by atoms with Gasteiger partial charge in [-0.2, -0.15) is 5.26 Å². The minimum Gasteiger partial charge on any atom is -0.466 e. The first-order valence-electron chi connectivity index (χ1n) is 4.89. The van der Waals surface area contributed by atoms with Crippen molar-refractivity contribution in [3.8, 4) is 6.07 Å². The molecule has 0 aliphatic carbocycles. The lowest BCUT2D eigenvalue weighted by Crippen LogP contribution is -2.22. The van der Waals surface area contributed by atoms with Crippen LogP contribution in [0.3, 0.4) is 0 Å². The lowest BCUT2D eigenvalue weighted by atomic mass is 10.1. The van der Waals surface area contributed by atoms with Gasteiger partial charge in [-0.3, -0.25) is 9.36 Å². The van der Waals surface area contributed by atoms with Crippen molar-refractivity contribution in [3.05, 3.63) is 33.5 Å². The molecule has 2 rings (SSSR count). The highest BCUT2D eigenvalue weighted by Gasteiger charge is 2.29. The van der Waals surface area contributed by atoms with Crippen LogP contribution in [0.5, 0.6) is 0 Å². The van der Waals surface area contributed by atoms with Crippen LogP contribution in [0.15, 0.2) is 16.4 Å². The van der Waals surface area contributed by atoms with Crippen LogP contribution in [0.4, 0.5) is 0 Å². The predicted molar refractivity (Wildman–Crippen MR) is 57.8 cm³/mol. The van der Waals surface area contributed by atoms with E-state index in [1.54, 1.807) is 6.92 Å². The second kappa shape index (κ2) is 3.87. The van der Waals surface area contributed by atoms with Crippen molar-refractivity contribution in [3.63, 3.8) is 0 Å². The molecule has 0 bridgehead atoms. The van der Waals surface area contributed by atoms with Gasteiger partial charge in [0.25, 0.3) is 5.56 Å². The summed E-state index contributed by atoms with van der Waals surface area (Å²) in [7, 11) is 1.23. The van der Waals surface area contributed by atoms with Crippen LogP contribution in [-0.2, 0) is 16.1 Å². The zero-order chi connectivity index (χ0) is 12.6. The average molecular weight is 231 g/mol. The summed E-state index contributed by atoms with van der Waals surface area (Å²) in [5.74, 6) is -0.373. The second-order valence-corrected chi connectivity index (χ2v) is 3.60. The van der Waals surface area contributed by atoms with Crippen LogP contribution in [0, 0.1) is 18.3 Å². The maximum absolute atomic E-state index is 11.7. The number of carbonyl (C=O) groups is 1. The van der Waals surface area contributed by atoms with Gasteiger partial charge in [0.05, 0.1) is 19.2 Å². The molecular formula is C11H9N3O3. The summed E-state index contributed by atoms with van der Waals surface area (Å²) >= 11 is 0. The maximum atomic E-state index is 11.7. The first-order chi connectivity index (χ1) is 8.08. The third-order valence-corrected chi connectivity index (χ3v) is 2.52. The molecule has 0 aromatic carbocycles. The molecule has 2 heterocycles. The van der Waals surface area contributed by atoms with Gasteiger partial charge in [-0.1, -0.05) is 0 Å². The number of hydrogen-bond donors (Lipinski definition) is 0. The second-order valence-electron chi connectivity index (χ2n) is 3.60. The Morgan fingerprint density at radius 3 is 2.94 bits per heavy atom. The number of ether oxygens (including phenoxy) is 1. The number of methoxy groups -OCH3 is 1. The fourth-order valence-corrected chi connectivity index (χ4v) is 1.74. The number of nitriles is 1. The molecule has 0 N–H and O–H groups in total. The number of nitrogens with zero attached hydrogens (tertiary/aromatic N) is 3. The van der Waals surface area contributed by atoms with Gasteiger partial charge in [0.1, 0.15) is 11.6 Å². The normalized spacial score (nSPS) is 13.2. The summed E-state index contributed by atoms with van der Waals surface area (Å²) < 4.78 is 5.87. The maximum Gasteiger partial charge on any atom is 0.337 e. The number of aromatic nitrogens is 2. The molecule has 0 saturated carbocycles. The summed E-state index contributed by atoms with van der Waals surface area (Å²) in [4.78, 5) is 27.3.